The monoisotopic (exact) mass is 220 g/mol. The molecule has 1 unspecified atom stereocenters. The maximum absolute atomic E-state index is 11.4. The van der Waals surface area contributed by atoms with E-state index in [4.69, 9.17) is 4.74 Å². The number of para-hydroxylation sites is 1. The molecular weight excluding hydrogens is 208 g/mol. The van der Waals surface area contributed by atoms with Crippen LogP contribution in [0.4, 0.5) is 0 Å². The van der Waals surface area contributed by atoms with Crippen molar-refractivity contribution in [3.05, 3.63) is 30.0 Å². The number of esters is 1. The summed E-state index contributed by atoms with van der Waals surface area (Å²) in [7, 11) is 0. The van der Waals surface area contributed by atoms with Gasteiger partial charge < -0.3 is 9.84 Å². The van der Waals surface area contributed by atoms with Crippen molar-refractivity contribution in [1.29, 1.82) is 0 Å². The highest BCUT2D eigenvalue weighted by molar-refractivity contribution is 5.87. The first kappa shape index (κ1) is 10.6. The second-order valence-electron chi connectivity index (χ2n) is 3.34. The summed E-state index contributed by atoms with van der Waals surface area (Å²) in [5, 5.41) is 17.3. The van der Waals surface area contributed by atoms with Gasteiger partial charge in [0.15, 0.2) is 6.10 Å². The lowest BCUT2D eigenvalue weighted by Gasteiger charge is -2.10. The van der Waals surface area contributed by atoms with Gasteiger partial charge in [0, 0.05) is 10.9 Å². The Hall–Kier alpha value is -1.88. The van der Waals surface area contributed by atoms with Gasteiger partial charge in [-0.1, -0.05) is 18.2 Å². The Morgan fingerprint density at radius 3 is 3.19 bits per heavy atom. The van der Waals surface area contributed by atoms with E-state index in [1.807, 2.05) is 6.07 Å². The lowest BCUT2D eigenvalue weighted by atomic mass is 10.1. The number of H-pyrrole nitrogens is 1. The van der Waals surface area contributed by atoms with Crippen LogP contribution in [0.2, 0.25) is 0 Å². The number of ether oxygens (including phenoxy) is 1. The Balaban J connectivity index is 2.39. The van der Waals surface area contributed by atoms with Crippen molar-refractivity contribution in [3.8, 4) is 0 Å². The number of hydrogen-bond donors (Lipinski definition) is 2. The van der Waals surface area contributed by atoms with E-state index < -0.39 is 12.1 Å². The van der Waals surface area contributed by atoms with Crippen LogP contribution < -0.4 is 0 Å². The van der Waals surface area contributed by atoms with E-state index >= 15 is 0 Å². The van der Waals surface area contributed by atoms with Gasteiger partial charge in [0.1, 0.15) is 0 Å². The smallest absolute Gasteiger partial charge is 0.339 e. The van der Waals surface area contributed by atoms with Crippen molar-refractivity contribution in [2.24, 2.45) is 0 Å². The molecule has 0 saturated heterocycles. The molecule has 84 valence electrons. The molecule has 0 amide bonds. The summed E-state index contributed by atoms with van der Waals surface area (Å²) in [6.07, 6.45) is 0.362. The highest BCUT2D eigenvalue weighted by Gasteiger charge is 2.21. The number of aliphatic hydroxyl groups is 1. The van der Waals surface area contributed by atoms with Crippen molar-refractivity contribution < 1.29 is 14.6 Å². The Morgan fingerprint density at radius 1 is 1.62 bits per heavy atom. The van der Waals surface area contributed by atoms with Crippen LogP contribution in [0.5, 0.6) is 0 Å². The molecule has 1 aromatic heterocycles. The van der Waals surface area contributed by atoms with Crippen LogP contribution in [0.1, 0.15) is 18.6 Å². The Labute approximate surface area is 92.0 Å². The fourth-order valence-electron chi connectivity index (χ4n) is 1.57. The van der Waals surface area contributed by atoms with Gasteiger partial charge in [-0.05, 0) is 6.92 Å². The Bertz CT molecular complexity index is 507. The molecule has 16 heavy (non-hydrogen) atoms. The molecule has 0 fully saturated rings. The van der Waals surface area contributed by atoms with Crippen LogP contribution in [0, 0.1) is 0 Å². The number of aliphatic hydroxyl groups excluding tert-OH is 1. The van der Waals surface area contributed by atoms with Crippen molar-refractivity contribution in [2.75, 3.05) is 6.61 Å². The molecule has 0 radical (unpaired) electrons. The zero-order chi connectivity index (χ0) is 11.5. The van der Waals surface area contributed by atoms with Crippen LogP contribution in [0.3, 0.4) is 0 Å². The minimum atomic E-state index is -1.27. The van der Waals surface area contributed by atoms with Crippen molar-refractivity contribution in [3.63, 3.8) is 0 Å². The second kappa shape index (κ2) is 4.32. The number of nitrogens with one attached hydrogen (secondary N) is 1. The van der Waals surface area contributed by atoms with Crippen LogP contribution in [-0.2, 0) is 9.53 Å². The van der Waals surface area contributed by atoms with E-state index in [1.165, 1.54) is 0 Å². The molecule has 5 nitrogen and oxygen atoms in total. The Morgan fingerprint density at radius 2 is 2.44 bits per heavy atom. The quantitative estimate of drug-likeness (QED) is 0.761. The summed E-state index contributed by atoms with van der Waals surface area (Å²) < 4.78 is 4.76. The second-order valence-corrected chi connectivity index (χ2v) is 3.34. The van der Waals surface area contributed by atoms with Crippen LogP contribution in [0.15, 0.2) is 24.4 Å². The predicted octanol–water partition coefficient (Wildman–Crippen LogP) is 1.16. The number of rotatable bonds is 3. The van der Waals surface area contributed by atoms with Gasteiger partial charge in [-0.15, -0.1) is 0 Å². The maximum Gasteiger partial charge on any atom is 0.339 e. The molecule has 0 aliphatic carbocycles. The standard InChI is InChI=1S/C11H12N2O3/c1-2-16-11(15)10(14)8-5-3-4-7-6-12-13-9(7)8/h3-6,10,14H,2H2,1H3,(H,12,13). The summed E-state index contributed by atoms with van der Waals surface area (Å²) in [5.74, 6) is -0.649. The third-order valence-electron chi connectivity index (χ3n) is 2.31. The van der Waals surface area contributed by atoms with Gasteiger partial charge >= 0.3 is 5.97 Å². The largest absolute Gasteiger partial charge is 0.464 e. The molecule has 2 rings (SSSR count). The number of carbonyl (C=O) groups excluding carboxylic acids is 1. The molecule has 1 heterocycles. The lowest BCUT2D eigenvalue weighted by Crippen LogP contribution is -2.15. The molecule has 0 aliphatic rings. The molecule has 0 aliphatic heterocycles. The van der Waals surface area contributed by atoms with E-state index in [-0.39, 0.29) is 6.61 Å². The van der Waals surface area contributed by atoms with E-state index in [9.17, 15) is 9.90 Å². The third kappa shape index (κ3) is 1.77. The van der Waals surface area contributed by atoms with Gasteiger partial charge in [0.2, 0.25) is 0 Å². The zero-order valence-corrected chi connectivity index (χ0v) is 8.80. The maximum atomic E-state index is 11.4. The van der Waals surface area contributed by atoms with Gasteiger partial charge in [-0.3, -0.25) is 5.10 Å². The minimum absolute atomic E-state index is 0.245. The normalized spacial score (nSPS) is 12.6. The minimum Gasteiger partial charge on any atom is -0.464 e. The molecule has 2 N–H and O–H groups in total. The summed E-state index contributed by atoms with van der Waals surface area (Å²) >= 11 is 0. The fourth-order valence-corrected chi connectivity index (χ4v) is 1.57. The van der Waals surface area contributed by atoms with Gasteiger partial charge in [-0.25, -0.2) is 4.79 Å². The highest BCUT2D eigenvalue weighted by atomic mass is 16.5. The molecule has 0 spiro atoms. The first-order chi connectivity index (χ1) is 7.74. The third-order valence-corrected chi connectivity index (χ3v) is 2.31. The molecule has 1 atom stereocenters. The topological polar surface area (TPSA) is 75.2 Å². The van der Waals surface area contributed by atoms with Crippen molar-refractivity contribution >= 4 is 16.9 Å². The molecule has 1 aromatic carbocycles. The van der Waals surface area contributed by atoms with E-state index in [0.29, 0.717) is 11.1 Å². The number of fused-ring (bicyclic) bond motifs is 1. The fraction of sp³-hybridized carbons (Fsp3) is 0.273. The van der Waals surface area contributed by atoms with Crippen LogP contribution >= 0.6 is 0 Å². The van der Waals surface area contributed by atoms with Gasteiger partial charge in [-0.2, -0.15) is 5.10 Å². The summed E-state index contributed by atoms with van der Waals surface area (Å²) in [6, 6.07) is 5.28. The number of carbonyl (C=O) groups is 1. The summed E-state index contributed by atoms with van der Waals surface area (Å²) in [4.78, 5) is 11.4. The SMILES string of the molecule is CCOC(=O)C(O)c1cccc2cn[nH]c12. The molecule has 0 saturated carbocycles. The van der Waals surface area contributed by atoms with Crippen molar-refractivity contribution in [2.45, 2.75) is 13.0 Å². The molecule has 2 aromatic rings. The number of aromatic nitrogens is 2. The molecule has 0 bridgehead atoms. The number of aromatic amines is 1. The van der Waals surface area contributed by atoms with Gasteiger partial charge in [0.05, 0.1) is 18.3 Å². The average molecular weight is 220 g/mol. The van der Waals surface area contributed by atoms with E-state index in [0.717, 1.165) is 5.39 Å². The Kier molecular flexibility index (Phi) is 2.87. The number of nitrogens with zero attached hydrogens (tertiary/aromatic N) is 1. The van der Waals surface area contributed by atoms with Crippen molar-refractivity contribution in [1.82, 2.24) is 10.2 Å². The average Bonchev–Trinajstić information content (AvgIpc) is 2.76. The van der Waals surface area contributed by atoms with E-state index in [2.05, 4.69) is 10.2 Å². The molecular formula is C11H12N2O3. The number of benzene rings is 1. The predicted molar refractivity (Wildman–Crippen MR) is 57.7 cm³/mol. The van der Waals surface area contributed by atoms with E-state index in [1.54, 1.807) is 25.3 Å². The first-order valence-corrected chi connectivity index (χ1v) is 5.00. The zero-order valence-electron chi connectivity index (χ0n) is 8.80. The first-order valence-electron chi connectivity index (χ1n) is 5.00. The lowest BCUT2D eigenvalue weighted by molar-refractivity contribution is -0.153. The van der Waals surface area contributed by atoms with Crippen LogP contribution in [0.25, 0.3) is 10.9 Å². The van der Waals surface area contributed by atoms with Crippen LogP contribution in [-0.4, -0.2) is 27.9 Å². The summed E-state index contributed by atoms with van der Waals surface area (Å²) in [5.41, 5.74) is 1.14. The highest BCUT2D eigenvalue weighted by Crippen LogP contribution is 2.22. The summed E-state index contributed by atoms with van der Waals surface area (Å²) in [6.45, 7) is 1.94. The van der Waals surface area contributed by atoms with Gasteiger partial charge in [0.25, 0.3) is 0 Å². The number of hydrogen-bond acceptors (Lipinski definition) is 4. The molecule has 5 heteroatoms.